The summed E-state index contributed by atoms with van der Waals surface area (Å²) < 4.78 is 0. The molecule has 0 radical (unpaired) electrons. The summed E-state index contributed by atoms with van der Waals surface area (Å²) in [5, 5.41) is 7.00. The van der Waals surface area contributed by atoms with Crippen molar-refractivity contribution in [2.45, 2.75) is 0 Å². The maximum Gasteiger partial charge on any atom is 0.165 e. The monoisotopic (exact) mass is 536 g/mol. The SMILES string of the molecule is c1ccc(-c2nc(-c3ccc(-c4ccncc4)cc3)nc(-c3c4ccccc4cc4c3ccc3ccccc34)n2)cc1. The lowest BCUT2D eigenvalue weighted by molar-refractivity contribution is 1.08. The summed E-state index contributed by atoms with van der Waals surface area (Å²) in [6.45, 7) is 0. The number of benzene rings is 6. The third-order valence-electron chi connectivity index (χ3n) is 7.82. The lowest BCUT2D eigenvalue weighted by Gasteiger charge is -2.14. The van der Waals surface area contributed by atoms with Crippen LogP contribution in [0.25, 0.3) is 77.6 Å². The topological polar surface area (TPSA) is 51.6 Å². The van der Waals surface area contributed by atoms with Crippen molar-refractivity contribution in [1.82, 2.24) is 19.9 Å². The van der Waals surface area contributed by atoms with Gasteiger partial charge in [-0.25, -0.2) is 15.0 Å². The van der Waals surface area contributed by atoms with E-state index in [1.54, 1.807) is 0 Å². The fourth-order valence-electron chi connectivity index (χ4n) is 5.75. The van der Waals surface area contributed by atoms with Crippen molar-refractivity contribution in [2.75, 3.05) is 0 Å². The Hall–Kier alpha value is -5.74. The zero-order valence-corrected chi connectivity index (χ0v) is 22.6. The molecule has 0 fully saturated rings. The highest BCUT2D eigenvalue weighted by Gasteiger charge is 2.18. The molecule has 0 amide bonds. The van der Waals surface area contributed by atoms with Crippen molar-refractivity contribution in [1.29, 1.82) is 0 Å². The second-order valence-electron chi connectivity index (χ2n) is 10.3. The molecule has 0 unspecified atom stereocenters. The molecule has 2 aromatic heterocycles. The molecule has 4 heteroatoms. The molecule has 0 saturated heterocycles. The molecule has 8 rings (SSSR count). The van der Waals surface area contributed by atoms with Crippen molar-refractivity contribution in [3.63, 3.8) is 0 Å². The predicted octanol–water partition coefficient (Wildman–Crippen LogP) is 9.39. The summed E-state index contributed by atoms with van der Waals surface area (Å²) in [5.41, 5.74) is 5.13. The first-order valence-corrected chi connectivity index (χ1v) is 14.0. The molecular weight excluding hydrogens is 512 g/mol. The maximum atomic E-state index is 5.15. The third-order valence-corrected chi connectivity index (χ3v) is 7.82. The minimum atomic E-state index is 0.641. The van der Waals surface area contributed by atoms with Gasteiger partial charge in [-0.15, -0.1) is 0 Å². The molecule has 0 aliphatic heterocycles. The second-order valence-corrected chi connectivity index (χ2v) is 10.3. The van der Waals surface area contributed by atoms with Crippen LogP contribution in [0.5, 0.6) is 0 Å². The normalized spacial score (nSPS) is 11.3. The van der Waals surface area contributed by atoms with Crippen LogP contribution in [0, 0.1) is 0 Å². The van der Waals surface area contributed by atoms with E-state index in [1.165, 1.54) is 16.2 Å². The largest absolute Gasteiger partial charge is 0.265 e. The minimum Gasteiger partial charge on any atom is -0.265 e. The standard InChI is InChI=1S/C38H24N4/c1-2-9-28(10-3-1)36-40-37(29-16-14-25(15-17-29)26-20-22-39-23-21-26)42-38(41-36)35-32-13-7-5-11-30(32)24-34-31-12-6-4-8-27(31)18-19-33(34)35/h1-24H. The Bertz CT molecular complexity index is 2230. The fourth-order valence-corrected chi connectivity index (χ4v) is 5.75. The molecule has 0 aliphatic rings. The first-order valence-electron chi connectivity index (χ1n) is 14.0. The smallest absolute Gasteiger partial charge is 0.165 e. The van der Waals surface area contributed by atoms with Crippen molar-refractivity contribution in [2.24, 2.45) is 0 Å². The van der Waals surface area contributed by atoms with E-state index in [-0.39, 0.29) is 0 Å². The molecule has 196 valence electrons. The highest BCUT2D eigenvalue weighted by Crippen LogP contribution is 2.39. The highest BCUT2D eigenvalue weighted by atomic mass is 15.0. The van der Waals surface area contributed by atoms with Crippen LogP contribution in [-0.2, 0) is 0 Å². The van der Waals surface area contributed by atoms with Crippen LogP contribution in [0.2, 0.25) is 0 Å². The molecule has 0 bridgehead atoms. The molecule has 0 aliphatic carbocycles. The number of hydrogen-bond donors (Lipinski definition) is 0. The molecule has 0 spiro atoms. The zero-order chi connectivity index (χ0) is 27.9. The van der Waals surface area contributed by atoms with Crippen LogP contribution >= 0.6 is 0 Å². The number of rotatable bonds is 4. The highest BCUT2D eigenvalue weighted by molar-refractivity contribution is 6.19. The van der Waals surface area contributed by atoms with Crippen LogP contribution in [0.15, 0.2) is 146 Å². The van der Waals surface area contributed by atoms with Gasteiger partial charge in [0.2, 0.25) is 0 Å². The number of hydrogen-bond acceptors (Lipinski definition) is 4. The summed E-state index contributed by atoms with van der Waals surface area (Å²) in [6.07, 6.45) is 3.62. The van der Waals surface area contributed by atoms with Crippen LogP contribution in [0.3, 0.4) is 0 Å². The third kappa shape index (κ3) is 4.18. The van der Waals surface area contributed by atoms with Gasteiger partial charge < -0.3 is 0 Å². The Kier molecular flexibility index (Phi) is 5.75. The number of fused-ring (bicyclic) bond motifs is 4. The van der Waals surface area contributed by atoms with E-state index in [0.717, 1.165) is 44.0 Å². The molecule has 6 aromatic carbocycles. The van der Waals surface area contributed by atoms with Gasteiger partial charge in [0.15, 0.2) is 17.5 Å². The van der Waals surface area contributed by atoms with Crippen LogP contribution in [0.4, 0.5) is 0 Å². The van der Waals surface area contributed by atoms with Gasteiger partial charge in [-0.05, 0) is 61.6 Å². The van der Waals surface area contributed by atoms with E-state index < -0.39 is 0 Å². The summed E-state index contributed by atoms with van der Waals surface area (Å²) in [6, 6.07) is 46.2. The quantitative estimate of drug-likeness (QED) is 0.166. The fraction of sp³-hybridized carbons (Fsp3) is 0. The lowest BCUT2D eigenvalue weighted by Crippen LogP contribution is -2.01. The molecular formula is C38H24N4. The molecule has 0 saturated carbocycles. The summed E-state index contributed by atoms with van der Waals surface area (Å²) in [7, 11) is 0. The van der Waals surface area contributed by atoms with E-state index in [0.29, 0.717) is 17.5 Å². The lowest BCUT2D eigenvalue weighted by atomic mass is 9.93. The molecule has 2 heterocycles. The maximum absolute atomic E-state index is 5.15. The Labute approximate surface area is 243 Å². The first-order chi connectivity index (χ1) is 20.8. The average molecular weight is 537 g/mol. The Morgan fingerprint density at radius 3 is 1.67 bits per heavy atom. The van der Waals surface area contributed by atoms with Gasteiger partial charge in [-0.1, -0.05) is 115 Å². The van der Waals surface area contributed by atoms with Gasteiger partial charge in [-0.2, -0.15) is 0 Å². The first kappa shape index (κ1) is 24.1. The summed E-state index contributed by atoms with van der Waals surface area (Å²) in [5.74, 6) is 1.95. The van der Waals surface area contributed by atoms with Gasteiger partial charge in [0.05, 0.1) is 0 Å². The number of nitrogens with zero attached hydrogens (tertiary/aromatic N) is 4. The van der Waals surface area contributed by atoms with E-state index in [1.807, 2.05) is 54.9 Å². The van der Waals surface area contributed by atoms with Gasteiger partial charge in [0.1, 0.15) is 0 Å². The summed E-state index contributed by atoms with van der Waals surface area (Å²) in [4.78, 5) is 19.4. The molecule has 4 nitrogen and oxygen atoms in total. The van der Waals surface area contributed by atoms with Crippen molar-refractivity contribution >= 4 is 32.3 Å². The zero-order valence-electron chi connectivity index (χ0n) is 22.6. The Balaban J connectivity index is 1.40. The minimum absolute atomic E-state index is 0.641. The Morgan fingerprint density at radius 2 is 0.905 bits per heavy atom. The second kappa shape index (κ2) is 10.0. The number of pyridine rings is 1. The average Bonchev–Trinajstić information content (AvgIpc) is 3.08. The van der Waals surface area contributed by atoms with Crippen molar-refractivity contribution < 1.29 is 0 Å². The van der Waals surface area contributed by atoms with Gasteiger partial charge in [-0.3, -0.25) is 4.98 Å². The molecule has 42 heavy (non-hydrogen) atoms. The van der Waals surface area contributed by atoms with E-state index in [4.69, 9.17) is 15.0 Å². The molecule has 0 N–H and O–H groups in total. The van der Waals surface area contributed by atoms with E-state index in [2.05, 4.69) is 96.0 Å². The predicted molar refractivity (Wildman–Crippen MR) is 172 cm³/mol. The van der Waals surface area contributed by atoms with Crippen molar-refractivity contribution in [3.05, 3.63) is 146 Å². The molecule has 8 aromatic rings. The Morgan fingerprint density at radius 1 is 0.333 bits per heavy atom. The van der Waals surface area contributed by atoms with Crippen LogP contribution in [-0.4, -0.2) is 19.9 Å². The van der Waals surface area contributed by atoms with E-state index in [9.17, 15) is 0 Å². The van der Waals surface area contributed by atoms with Crippen molar-refractivity contribution in [3.8, 4) is 45.3 Å². The van der Waals surface area contributed by atoms with Gasteiger partial charge in [0.25, 0.3) is 0 Å². The van der Waals surface area contributed by atoms with Crippen LogP contribution in [0.1, 0.15) is 0 Å². The van der Waals surface area contributed by atoms with E-state index >= 15 is 0 Å². The summed E-state index contributed by atoms with van der Waals surface area (Å²) >= 11 is 0. The molecule has 0 atom stereocenters. The number of aromatic nitrogens is 4. The van der Waals surface area contributed by atoms with Gasteiger partial charge in [0, 0.05) is 29.1 Å². The van der Waals surface area contributed by atoms with Crippen LogP contribution < -0.4 is 0 Å². The van der Waals surface area contributed by atoms with Gasteiger partial charge >= 0.3 is 0 Å².